The first-order valence-corrected chi connectivity index (χ1v) is 16.7. The van der Waals surface area contributed by atoms with Crippen LogP contribution in [-0.4, -0.2) is 30.3 Å². The highest BCUT2D eigenvalue weighted by Gasteiger charge is 2.67. The van der Waals surface area contributed by atoms with Crippen molar-refractivity contribution in [1.29, 1.82) is 0 Å². The predicted octanol–water partition coefficient (Wildman–Crippen LogP) is 4.60. The van der Waals surface area contributed by atoms with Crippen molar-refractivity contribution in [3.05, 3.63) is 0 Å². The van der Waals surface area contributed by atoms with Crippen LogP contribution >= 0.6 is 90.2 Å². The van der Waals surface area contributed by atoms with Crippen LogP contribution in [0, 0.1) is 0 Å². The Kier molecular flexibility index (Phi) is 6.63. The maximum Gasteiger partial charge on any atom is 0.284 e. The molecule has 0 bridgehead atoms. The minimum absolute atomic E-state index is 1.27. The second kappa shape index (κ2) is 5.53. The third-order valence-corrected chi connectivity index (χ3v) is 24.2. The van der Waals surface area contributed by atoms with E-state index in [4.69, 9.17) is 90.2 Å². The van der Waals surface area contributed by atoms with Gasteiger partial charge in [-0.05, 0) is 13.1 Å². The second-order valence-corrected chi connectivity index (χ2v) is 24.9. The number of rotatable bonds is 4. The first kappa shape index (κ1) is 18.0. The Balaban J connectivity index is 5.50. The lowest BCUT2D eigenvalue weighted by molar-refractivity contribution is 1.04. The molecule has 0 radical (unpaired) electrons. The van der Waals surface area contributed by atoms with Crippen molar-refractivity contribution in [3.63, 3.8) is 0 Å². The summed E-state index contributed by atoms with van der Waals surface area (Å²) in [6.45, 7) is -2.75. The molecule has 0 rings (SSSR count). The summed E-state index contributed by atoms with van der Waals surface area (Å²) in [5.41, 5.74) is 0. The summed E-state index contributed by atoms with van der Waals surface area (Å²) >= 11 is 48.7. The quantitative estimate of drug-likeness (QED) is 0.352. The van der Waals surface area contributed by atoms with Crippen LogP contribution in [0.2, 0.25) is 13.1 Å². The summed E-state index contributed by atoms with van der Waals surface area (Å²) in [5, 5.41) is 0. The smallest absolute Gasteiger partial charge is 0.174 e. The maximum atomic E-state index is 6.31. The van der Waals surface area contributed by atoms with Crippen LogP contribution in [0.25, 0.3) is 0 Å². The van der Waals surface area contributed by atoms with E-state index >= 15 is 0 Å². The van der Waals surface area contributed by atoms with E-state index in [0.29, 0.717) is 0 Å². The number of halogens is 8. The van der Waals surface area contributed by atoms with Crippen LogP contribution in [0.4, 0.5) is 0 Å². The molecule has 0 aromatic rings. The molecule has 1 unspecified atom stereocenters. The predicted molar refractivity (Wildman–Crippen MR) is 84.1 cm³/mol. The highest BCUT2D eigenvalue weighted by Crippen LogP contribution is 2.54. The molecule has 0 aliphatic rings. The molecule has 0 heterocycles. The van der Waals surface area contributed by atoms with Gasteiger partial charge >= 0.3 is 0 Å². The zero-order chi connectivity index (χ0) is 12.7. The van der Waals surface area contributed by atoms with E-state index in [1.54, 1.807) is 13.1 Å². The lowest BCUT2D eigenvalue weighted by Crippen LogP contribution is -2.66. The fourth-order valence-electron chi connectivity index (χ4n) is 0.825. The molecule has 15 heavy (non-hydrogen) atoms. The van der Waals surface area contributed by atoms with Gasteiger partial charge in [-0.3, -0.25) is 0 Å². The van der Waals surface area contributed by atoms with Crippen LogP contribution in [0.3, 0.4) is 0 Å². The Morgan fingerprint density at radius 1 is 0.867 bits per heavy atom. The molecule has 1 atom stereocenters. The monoisotopic (exact) mass is 420 g/mol. The average Bonchev–Trinajstić information content (AvgIpc) is 1.98. The molecule has 0 N–H and O–H groups in total. The number of hydrogen-bond donors (Lipinski definition) is 0. The van der Waals surface area contributed by atoms with E-state index in [0.717, 1.165) is 0 Å². The van der Waals surface area contributed by atoms with Gasteiger partial charge in [0.2, 0.25) is 0 Å². The molecule has 0 spiro atoms. The van der Waals surface area contributed by atoms with E-state index in [1.807, 2.05) is 0 Å². The largest absolute Gasteiger partial charge is 0.284 e. The second-order valence-electron chi connectivity index (χ2n) is 3.29. The normalized spacial score (nSPS) is 19.6. The third kappa shape index (κ3) is 3.50. The van der Waals surface area contributed by atoms with Gasteiger partial charge in [-0.2, -0.15) is 11.1 Å². The molecule has 0 aromatic carbocycles. The van der Waals surface area contributed by atoms with Crippen LogP contribution in [0.5, 0.6) is 0 Å². The van der Waals surface area contributed by atoms with Gasteiger partial charge in [0.05, 0.1) is 0 Å². The summed E-state index contributed by atoms with van der Waals surface area (Å²) in [6, 6.07) is 0. The van der Waals surface area contributed by atoms with Gasteiger partial charge in [-0.1, -0.05) is 0 Å². The lowest BCUT2D eigenvalue weighted by Gasteiger charge is -2.44. The fourth-order valence-corrected chi connectivity index (χ4v) is 18.6. The van der Waals surface area contributed by atoms with E-state index in [-0.39, 0.29) is 0 Å². The van der Waals surface area contributed by atoms with Gasteiger partial charge in [-0.15, -0.1) is 79.1 Å². The van der Waals surface area contributed by atoms with Crippen LogP contribution < -0.4 is 0 Å². The molecule has 0 saturated carbocycles. The van der Waals surface area contributed by atoms with Gasteiger partial charge in [0.15, 0.2) is 12.8 Å². The SMILES string of the molecule is C[Si](Cl)(Cl)C(Cl)(Cl)C(Cl)([SiH2]Cl)[Si](C)(Cl)Cl. The summed E-state index contributed by atoms with van der Waals surface area (Å²) in [5.74, 6) is 0. The molecule has 0 fully saturated rings. The highest BCUT2D eigenvalue weighted by atomic mass is 35.7. The zero-order valence-electron chi connectivity index (χ0n) is 7.73. The minimum atomic E-state index is -2.99. The van der Waals surface area contributed by atoms with Crippen molar-refractivity contribution < 1.29 is 0 Å². The van der Waals surface area contributed by atoms with Crippen molar-refractivity contribution in [3.8, 4) is 0 Å². The summed E-state index contributed by atoms with van der Waals surface area (Å²) in [7, 11) is -1.42. The van der Waals surface area contributed by atoms with Gasteiger partial charge in [0, 0.05) is 0 Å². The fraction of sp³-hybridized carbons (Fsp3) is 1.00. The Hall–Kier alpha value is 2.97. The maximum absolute atomic E-state index is 6.31. The minimum Gasteiger partial charge on any atom is -0.174 e. The van der Waals surface area contributed by atoms with E-state index in [2.05, 4.69) is 0 Å². The Morgan fingerprint density at radius 3 is 1.27 bits per heavy atom. The first-order valence-electron chi connectivity index (χ1n) is 3.69. The molecule has 11 heteroatoms. The van der Waals surface area contributed by atoms with Crippen molar-refractivity contribution in [2.24, 2.45) is 0 Å². The number of alkyl halides is 3. The number of hydrogen-bond acceptors (Lipinski definition) is 0. The lowest BCUT2D eigenvalue weighted by atomic mass is 10.9. The molecule has 0 aliphatic carbocycles. The first-order chi connectivity index (χ1) is 6.31. The van der Waals surface area contributed by atoms with Crippen molar-refractivity contribution in [1.82, 2.24) is 0 Å². The van der Waals surface area contributed by atoms with Gasteiger partial charge < -0.3 is 0 Å². The standard InChI is InChI=1S/C4H8Cl8Si3/c1-14(9,10)3(5,6)4(7,13-8)15(2,11)12/h13H2,1-2H3. The Bertz CT molecular complexity index is 231. The van der Waals surface area contributed by atoms with Gasteiger partial charge in [0.25, 0.3) is 13.4 Å². The molecule has 92 valence electrons. The topological polar surface area (TPSA) is 0 Å². The average molecular weight is 424 g/mol. The van der Waals surface area contributed by atoms with Crippen LogP contribution in [0.1, 0.15) is 0 Å². The van der Waals surface area contributed by atoms with Gasteiger partial charge in [0.1, 0.15) is 4.12 Å². The van der Waals surface area contributed by atoms with Crippen molar-refractivity contribution >= 4 is 112 Å². The van der Waals surface area contributed by atoms with Gasteiger partial charge in [-0.25, -0.2) is 0 Å². The third-order valence-electron chi connectivity index (χ3n) is 1.93. The summed E-state index contributed by atoms with van der Waals surface area (Å²) < 4.78 is -2.83. The van der Waals surface area contributed by atoms with E-state index in [9.17, 15) is 0 Å². The van der Waals surface area contributed by atoms with E-state index in [1.165, 1.54) is 0 Å². The summed E-state index contributed by atoms with van der Waals surface area (Å²) in [6.07, 6.45) is 0. The Morgan fingerprint density at radius 2 is 1.20 bits per heavy atom. The van der Waals surface area contributed by atoms with Crippen molar-refractivity contribution in [2.75, 3.05) is 0 Å². The van der Waals surface area contributed by atoms with Crippen molar-refractivity contribution in [2.45, 2.75) is 21.2 Å². The molecular weight excluding hydrogens is 416 g/mol. The Labute approximate surface area is 132 Å². The van der Waals surface area contributed by atoms with Crippen LogP contribution in [0.15, 0.2) is 0 Å². The molecule has 0 saturated heterocycles. The summed E-state index contributed by atoms with van der Waals surface area (Å²) in [4.78, 5) is 0. The van der Waals surface area contributed by atoms with Crippen LogP contribution in [-0.2, 0) is 0 Å². The molecule has 0 aromatic heterocycles. The molecule has 0 amide bonds. The highest BCUT2D eigenvalue weighted by molar-refractivity contribution is 7.55. The van der Waals surface area contributed by atoms with E-state index < -0.39 is 30.3 Å². The molecule has 0 aliphatic heterocycles. The molecular formula is C4H8Cl8Si3. The molecule has 0 nitrogen and oxygen atoms in total. The zero-order valence-corrected chi connectivity index (χ0v) is 17.2.